The Bertz CT molecular complexity index is 486. The maximum Gasteiger partial charge on any atom is 0.311 e. The van der Waals surface area contributed by atoms with Gasteiger partial charge in [-0.1, -0.05) is 6.92 Å². The second-order valence-electron chi connectivity index (χ2n) is 9.45. The van der Waals surface area contributed by atoms with Crippen molar-refractivity contribution < 1.29 is 9.59 Å². The van der Waals surface area contributed by atoms with Crippen molar-refractivity contribution in [2.24, 2.45) is 29.1 Å². The maximum atomic E-state index is 12.5. The van der Waals surface area contributed by atoms with E-state index in [-0.39, 0.29) is 23.3 Å². The molecule has 1 N–H and O–H groups in total. The molecule has 0 aromatic rings. The minimum absolute atomic E-state index is 0.131. The lowest BCUT2D eigenvalue weighted by Gasteiger charge is -2.59. The first kappa shape index (κ1) is 16.4. The number of amides is 2. The second-order valence-corrected chi connectivity index (χ2v) is 9.45. The van der Waals surface area contributed by atoms with Crippen LogP contribution in [0.5, 0.6) is 0 Å². The van der Waals surface area contributed by atoms with Crippen molar-refractivity contribution in [1.82, 2.24) is 10.2 Å². The van der Waals surface area contributed by atoms with Gasteiger partial charge in [0, 0.05) is 19.1 Å². The van der Waals surface area contributed by atoms with Crippen LogP contribution in [0, 0.1) is 29.1 Å². The van der Waals surface area contributed by atoms with Crippen LogP contribution in [0.2, 0.25) is 0 Å². The number of rotatable bonds is 2. The third-order valence-electron chi connectivity index (χ3n) is 7.62. The third-order valence-corrected chi connectivity index (χ3v) is 7.62. The fraction of sp³-hybridized carbons (Fsp3) is 0.900. The second kappa shape index (κ2) is 6.03. The van der Waals surface area contributed by atoms with Crippen LogP contribution >= 0.6 is 0 Å². The normalized spacial score (nSPS) is 39.8. The van der Waals surface area contributed by atoms with Gasteiger partial charge >= 0.3 is 11.8 Å². The summed E-state index contributed by atoms with van der Waals surface area (Å²) in [5.41, 5.74) is 0.265. The Balaban J connectivity index is 1.38. The number of hydrogen-bond acceptors (Lipinski definition) is 2. The minimum Gasteiger partial charge on any atom is -0.345 e. The van der Waals surface area contributed by atoms with E-state index < -0.39 is 0 Å². The Morgan fingerprint density at radius 3 is 2.00 bits per heavy atom. The predicted molar refractivity (Wildman–Crippen MR) is 93.2 cm³/mol. The summed E-state index contributed by atoms with van der Waals surface area (Å²) in [6.45, 7) is 5.84. The number of likely N-dealkylation sites (tertiary alicyclic amines) is 1. The Morgan fingerprint density at radius 2 is 1.50 bits per heavy atom. The fourth-order valence-electron chi connectivity index (χ4n) is 6.47. The van der Waals surface area contributed by atoms with Crippen LogP contribution in [-0.2, 0) is 9.59 Å². The Hall–Kier alpha value is -1.06. The smallest absolute Gasteiger partial charge is 0.311 e. The first-order valence-electron chi connectivity index (χ1n) is 10.0. The zero-order valence-corrected chi connectivity index (χ0v) is 15.2. The summed E-state index contributed by atoms with van der Waals surface area (Å²) in [5, 5.41) is 3.12. The summed E-state index contributed by atoms with van der Waals surface area (Å²) in [4.78, 5) is 26.8. The molecule has 5 aliphatic rings. The van der Waals surface area contributed by atoms with Gasteiger partial charge in [0.25, 0.3) is 0 Å². The topological polar surface area (TPSA) is 49.4 Å². The van der Waals surface area contributed by atoms with Crippen molar-refractivity contribution in [2.75, 3.05) is 13.1 Å². The van der Waals surface area contributed by atoms with Gasteiger partial charge in [0.15, 0.2) is 0 Å². The highest BCUT2D eigenvalue weighted by Gasteiger charge is 2.53. The van der Waals surface area contributed by atoms with Crippen LogP contribution in [0.15, 0.2) is 0 Å². The van der Waals surface area contributed by atoms with E-state index in [0.29, 0.717) is 5.92 Å². The van der Waals surface area contributed by atoms with Gasteiger partial charge in [0.1, 0.15) is 0 Å². The minimum atomic E-state index is -0.368. The lowest BCUT2D eigenvalue weighted by molar-refractivity contribution is -0.148. The average Bonchev–Trinajstić information content (AvgIpc) is 2.53. The lowest BCUT2D eigenvalue weighted by atomic mass is 9.48. The summed E-state index contributed by atoms with van der Waals surface area (Å²) in [7, 11) is 0. The summed E-state index contributed by atoms with van der Waals surface area (Å²) >= 11 is 0. The molecule has 1 heterocycles. The molecule has 4 saturated carbocycles. The van der Waals surface area contributed by atoms with Gasteiger partial charge in [-0.15, -0.1) is 0 Å². The molecule has 4 nitrogen and oxygen atoms in total. The van der Waals surface area contributed by atoms with Crippen LogP contribution in [0.3, 0.4) is 0 Å². The molecule has 1 saturated heterocycles. The quantitative estimate of drug-likeness (QED) is 0.790. The number of carbonyl (C=O) groups is 2. The molecule has 4 bridgehead atoms. The predicted octanol–water partition coefficient (Wildman–Crippen LogP) is 2.97. The molecule has 0 aromatic heterocycles. The molecule has 0 aromatic carbocycles. The summed E-state index contributed by atoms with van der Waals surface area (Å²) in [6.07, 6.45) is 10.0. The molecule has 1 aliphatic heterocycles. The van der Waals surface area contributed by atoms with E-state index in [1.165, 1.54) is 38.5 Å². The summed E-state index contributed by atoms with van der Waals surface area (Å²) < 4.78 is 0. The van der Waals surface area contributed by atoms with Gasteiger partial charge in [-0.25, -0.2) is 0 Å². The van der Waals surface area contributed by atoms with E-state index in [4.69, 9.17) is 0 Å². The summed E-state index contributed by atoms with van der Waals surface area (Å²) in [6, 6.07) is 0.131. The van der Waals surface area contributed by atoms with Crippen LogP contribution in [0.1, 0.15) is 65.2 Å². The molecule has 5 rings (SSSR count). The molecular formula is C20H32N2O2. The highest BCUT2D eigenvalue weighted by atomic mass is 16.2. The summed E-state index contributed by atoms with van der Waals surface area (Å²) in [5.74, 6) is 2.61. The van der Waals surface area contributed by atoms with Gasteiger partial charge in [-0.3, -0.25) is 9.59 Å². The van der Waals surface area contributed by atoms with Crippen LogP contribution in [0.25, 0.3) is 0 Å². The van der Waals surface area contributed by atoms with Gasteiger partial charge in [-0.05, 0) is 87.4 Å². The van der Waals surface area contributed by atoms with Crippen molar-refractivity contribution in [3.63, 3.8) is 0 Å². The number of hydrogen-bond donors (Lipinski definition) is 1. The van der Waals surface area contributed by atoms with Crippen molar-refractivity contribution in [2.45, 2.75) is 71.3 Å². The Labute approximate surface area is 145 Å². The van der Waals surface area contributed by atoms with Gasteiger partial charge < -0.3 is 10.2 Å². The number of nitrogens with one attached hydrogen (secondary N) is 1. The first-order valence-corrected chi connectivity index (χ1v) is 10.0. The zero-order chi connectivity index (χ0) is 16.9. The average molecular weight is 332 g/mol. The van der Waals surface area contributed by atoms with E-state index in [1.54, 1.807) is 4.90 Å². The van der Waals surface area contributed by atoms with Crippen molar-refractivity contribution in [3.8, 4) is 0 Å². The molecule has 0 radical (unpaired) electrons. The van der Waals surface area contributed by atoms with E-state index in [1.807, 2.05) is 0 Å². The van der Waals surface area contributed by atoms with Crippen LogP contribution in [-0.4, -0.2) is 35.8 Å². The van der Waals surface area contributed by atoms with Gasteiger partial charge in [0.2, 0.25) is 0 Å². The largest absolute Gasteiger partial charge is 0.345 e. The molecule has 5 fully saturated rings. The van der Waals surface area contributed by atoms with E-state index in [2.05, 4.69) is 19.2 Å². The Morgan fingerprint density at radius 1 is 1.00 bits per heavy atom. The van der Waals surface area contributed by atoms with Crippen LogP contribution < -0.4 is 5.32 Å². The molecule has 1 unspecified atom stereocenters. The first-order chi connectivity index (χ1) is 11.4. The van der Waals surface area contributed by atoms with E-state index in [9.17, 15) is 9.59 Å². The molecule has 1 atom stereocenters. The van der Waals surface area contributed by atoms with E-state index >= 15 is 0 Å². The third kappa shape index (κ3) is 2.86. The molecule has 2 amide bonds. The van der Waals surface area contributed by atoms with Crippen LogP contribution in [0.4, 0.5) is 0 Å². The Kier molecular flexibility index (Phi) is 4.12. The molecule has 4 heteroatoms. The maximum absolute atomic E-state index is 12.5. The van der Waals surface area contributed by atoms with Crippen molar-refractivity contribution in [1.29, 1.82) is 0 Å². The van der Waals surface area contributed by atoms with Gasteiger partial charge in [0.05, 0.1) is 0 Å². The van der Waals surface area contributed by atoms with Gasteiger partial charge in [-0.2, -0.15) is 0 Å². The molecule has 134 valence electrons. The number of piperidine rings is 1. The lowest BCUT2D eigenvalue weighted by Crippen LogP contribution is -2.57. The zero-order valence-electron chi connectivity index (χ0n) is 15.2. The number of carbonyl (C=O) groups excluding carboxylic acids is 2. The standard InChI is InChI=1S/C20H32N2O2/c1-13-3-5-22(6-4-13)19(24)18(23)21-14(2)20-10-15-7-16(11-20)9-17(8-15)12-20/h13-17H,3-12H2,1-2H3,(H,21,23). The van der Waals surface area contributed by atoms with Crippen molar-refractivity contribution in [3.05, 3.63) is 0 Å². The molecular weight excluding hydrogens is 300 g/mol. The molecule has 0 spiro atoms. The SMILES string of the molecule is CC1CCN(C(=O)C(=O)NC(C)C23CC4CC(CC(C4)C2)C3)CC1. The number of nitrogens with zero attached hydrogens (tertiary/aromatic N) is 1. The molecule has 4 aliphatic carbocycles. The van der Waals surface area contributed by atoms with Crippen molar-refractivity contribution >= 4 is 11.8 Å². The van der Waals surface area contributed by atoms with E-state index in [0.717, 1.165) is 43.7 Å². The highest BCUT2D eigenvalue weighted by Crippen LogP contribution is 2.61. The monoisotopic (exact) mass is 332 g/mol. The highest BCUT2D eigenvalue weighted by molar-refractivity contribution is 6.35. The fourth-order valence-corrected chi connectivity index (χ4v) is 6.47. The molecule has 24 heavy (non-hydrogen) atoms.